The molecule has 0 fully saturated rings. The molecule has 0 radical (unpaired) electrons. The highest BCUT2D eigenvalue weighted by Gasteiger charge is 2.26. The Balaban J connectivity index is 2.19. The summed E-state index contributed by atoms with van der Waals surface area (Å²) in [5.41, 5.74) is 2.47. The van der Waals surface area contributed by atoms with E-state index >= 15 is 0 Å². The number of nitrogens with one attached hydrogen (secondary N) is 2. The molecule has 1 aromatic rings. The molecule has 1 unspecified atom stereocenters. The second-order valence-electron chi connectivity index (χ2n) is 5.23. The van der Waals surface area contributed by atoms with Gasteiger partial charge in [0.1, 0.15) is 5.69 Å². The number of carbonyl (C=O) groups excluding carboxylic acids is 2. The average molecular weight is 278 g/mol. The van der Waals surface area contributed by atoms with Crippen LogP contribution in [0.4, 0.5) is 0 Å². The van der Waals surface area contributed by atoms with Crippen molar-refractivity contribution in [3.05, 3.63) is 22.5 Å². The summed E-state index contributed by atoms with van der Waals surface area (Å²) in [4.78, 5) is 37.6. The van der Waals surface area contributed by atoms with Crippen molar-refractivity contribution in [3.63, 3.8) is 0 Å². The van der Waals surface area contributed by atoms with Gasteiger partial charge in [0, 0.05) is 23.7 Å². The number of carbonyl (C=O) groups is 3. The van der Waals surface area contributed by atoms with Gasteiger partial charge in [0.2, 0.25) is 0 Å². The monoisotopic (exact) mass is 278 g/mol. The highest BCUT2D eigenvalue weighted by atomic mass is 16.4. The zero-order valence-corrected chi connectivity index (χ0v) is 11.6. The molecule has 0 aromatic carbocycles. The molecular weight excluding hydrogens is 260 g/mol. The number of amides is 1. The number of hydrogen-bond acceptors (Lipinski definition) is 3. The normalized spacial score (nSPS) is 15.6. The second-order valence-corrected chi connectivity index (χ2v) is 5.23. The minimum absolute atomic E-state index is 0.0673. The Morgan fingerprint density at radius 1 is 1.40 bits per heavy atom. The summed E-state index contributed by atoms with van der Waals surface area (Å²) in [6.07, 6.45) is 1.94. The van der Waals surface area contributed by atoms with E-state index < -0.39 is 12.0 Å². The van der Waals surface area contributed by atoms with E-state index in [1.165, 1.54) is 0 Å². The number of Topliss-reactive ketones (excluding diaryl/α,β-unsaturated/α-hetero) is 1. The number of aliphatic carboxylic acids is 1. The molecule has 1 heterocycles. The highest BCUT2D eigenvalue weighted by molar-refractivity contribution is 6.04. The number of H-pyrrole nitrogens is 1. The fourth-order valence-corrected chi connectivity index (χ4v) is 2.61. The maximum atomic E-state index is 12.1. The van der Waals surface area contributed by atoms with Crippen LogP contribution in [-0.2, 0) is 11.2 Å². The van der Waals surface area contributed by atoms with Gasteiger partial charge in [-0.25, -0.2) is 0 Å². The van der Waals surface area contributed by atoms with Gasteiger partial charge in [-0.2, -0.15) is 0 Å². The second kappa shape index (κ2) is 5.48. The Bertz CT molecular complexity index is 574. The fourth-order valence-electron chi connectivity index (χ4n) is 2.61. The van der Waals surface area contributed by atoms with Crippen LogP contribution >= 0.6 is 0 Å². The molecule has 20 heavy (non-hydrogen) atoms. The molecule has 0 saturated heterocycles. The van der Waals surface area contributed by atoms with E-state index in [0.29, 0.717) is 23.2 Å². The number of hydrogen-bond donors (Lipinski definition) is 3. The van der Waals surface area contributed by atoms with Gasteiger partial charge in [0.15, 0.2) is 5.78 Å². The number of aromatic nitrogens is 1. The topological polar surface area (TPSA) is 99.3 Å². The van der Waals surface area contributed by atoms with Crippen LogP contribution in [0.3, 0.4) is 0 Å². The summed E-state index contributed by atoms with van der Waals surface area (Å²) in [6, 6.07) is -0.463. The molecule has 0 bridgehead atoms. The Morgan fingerprint density at radius 2 is 2.10 bits per heavy atom. The molecule has 1 amide bonds. The molecular formula is C14H18N2O4. The first kappa shape index (κ1) is 14.3. The molecule has 108 valence electrons. The fraction of sp³-hybridized carbons (Fsp3) is 0.500. The van der Waals surface area contributed by atoms with Crippen molar-refractivity contribution in [2.24, 2.45) is 0 Å². The minimum atomic E-state index is -0.963. The number of ketones is 1. The van der Waals surface area contributed by atoms with Gasteiger partial charge < -0.3 is 15.4 Å². The number of carboxylic acid groups (broad SMARTS) is 1. The lowest BCUT2D eigenvalue weighted by atomic mass is 9.94. The van der Waals surface area contributed by atoms with Crippen molar-refractivity contribution >= 4 is 17.7 Å². The van der Waals surface area contributed by atoms with E-state index in [-0.39, 0.29) is 18.1 Å². The van der Waals surface area contributed by atoms with Crippen molar-refractivity contribution in [3.8, 4) is 0 Å². The molecule has 6 heteroatoms. The molecule has 0 saturated carbocycles. The Morgan fingerprint density at radius 3 is 2.70 bits per heavy atom. The van der Waals surface area contributed by atoms with Crippen LogP contribution in [0.25, 0.3) is 0 Å². The Hall–Kier alpha value is -2.11. The molecule has 0 aliphatic heterocycles. The van der Waals surface area contributed by atoms with Crippen molar-refractivity contribution in [2.45, 2.75) is 45.6 Å². The van der Waals surface area contributed by atoms with Crippen molar-refractivity contribution in [1.29, 1.82) is 0 Å². The molecule has 1 atom stereocenters. The average Bonchev–Trinajstić information content (AvgIpc) is 2.67. The van der Waals surface area contributed by atoms with Gasteiger partial charge in [0.05, 0.1) is 6.42 Å². The van der Waals surface area contributed by atoms with Gasteiger partial charge in [-0.3, -0.25) is 14.4 Å². The van der Waals surface area contributed by atoms with Gasteiger partial charge in [0.25, 0.3) is 5.91 Å². The number of aromatic amines is 1. The van der Waals surface area contributed by atoms with Gasteiger partial charge in [-0.1, -0.05) is 0 Å². The van der Waals surface area contributed by atoms with E-state index in [0.717, 1.165) is 18.5 Å². The maximum absolute atomic E-state index is 12.1. The number of aryl methyl sites for hydroxylation is 1. The lowest BCUT2D eigenvalue weighted by molar-refractivity contribution is -0.137. The van der Waals surface area contributed by atoms with Crippen LogP contribution in [0, 0.1) is 6.92 Å². The molecule has 0 spiro atoms. The molecule has 6 nitrogen and oxygen atoms in total. The zero-order valence-electron chi connectivity index (χ0n) is 11.6. The summed E-state index contributed by atoms with van der Waals surface area (Å²) in [5, 5.41) is 11.3. The molecule has 2 rings (SSSR count). The van der Waals surface area contributed by atoms with Crippen LogP contribution in [0.5, 0.6) is 0 Å². The van der Waals surface area contributed by atoms with Crippen molar-refractivity contribution in [1.82, 2.24) is 10.3 Å². The van der Waals surface area contributed by atoms with Crippen LogP contribution in [0.15, 0.2) is 0 Å². The quantitative estimate of drug-likeness (QED) is 0.775. The third-order valence-electron chi connectivity index (χ3n) is 3.52. The van der Waals surface area contributed by atoms with Gasteiger partial charge in [-0.05, 0) is 32.3 Å². The summed E-state index contributed by atoms with van der Waals surface area (Å²) < 4.78 is 0. The number of fused-ring (bicyclic) bond motifs is 1. The number of rotatable bonds is 4. The molecule has 1 aromatic heterocycles. The maximum Gasteiger partial charge on any atom is 0.305 e. The first-order chi connectivity index (χ1) is 9.40. The summed E-state index contributed by atoms with van der Waals surface area (Å²) in [6.45, 7) is 3.38. The van der Waals surface area contributed by atoms with Crippen LogP contribution in [-0.4, -0.2) is 33.8 Å². The third-order valence-corrected chi connectivity index (χ3v) is 3.52. The standard InChI is InChI=1S/C14H18N2O4/c1-7(6-11(18)19)15-14(20)13-8(2)12-9(16-13)4-3-5-10(12)17/h7,16H,3-6H2,1-2H3,(H,15,20)(H,18,19). The predicted octanol–water partition coefficient (Wildman–Crippen LogP) is 1.44. The largest absolute Gasteiger partial charge is 0.481 e. The minimum Gasteiger partial charge on any atom is -0.481 e. The Labute approximate surface area is 116 Å². The van der Waals surface area contributed by atoms with Gasteiger partial charge >= 0.3 is 5.97 Å². The van der Waals surface area contributed by atoms with Gasteiger partial charge in [-0.15, -0.1) is 0 Å². The van der Waals surface area contributed by atoms with Crippen molar-refractivity contribution < 1.29 is 19.5 Å². The van der Waals surface area contributed by atoms with Crippen LogP contribution in [0.2, 0.25) is 0 Å². The molecule has 1 aliphatic carbocycles. The molecule has 3 N–H and O–H groups in total. The summed E-state index contributed by atoms with van der Waals surface area (Å²) >= 11 is 0. The zero-order chi connectivity index (χ0) is 14.9. The summed E-state index contributed by atoms with van der Waals surface area (Å²) in [5.74, 6) is -1.26. The SMILES string of the molecule is Cc1c(C(=O)NC(C)CC(=O)O)[nH]c2c1C(=O)CCC2. The predicted molar refractivity (Wildman–Crippen MR) is 72.0 cm³/mol. The molecule has 1 aliphatic rings. The smallest absolute Gasteiger partial charge is 0.305 e. The van der Waals surface area contributed by atoms with E-state index in [1.807, 2.05) is 0 Å². The summed E-state index contributed by atoms with van der Waals surface area (Å²) in [7, 11) is 0. The van der Waals surface area contributed by atoms with E-state index in [2.05, 4.69) is 10.3 Å². The third kappa shape index (κ3) is 2.74. The van der Waals surface area contributed by atoms with E-state index in [9.17, 15) is 14.4 Å². The van der Waals surface area contributed by atoms with Crippen LogP contribution in [0.1, 0.15) is 58.3 Å². The van der Waals surface area contributed by atoms with Crippen molar-refractivity contribution in [2.75, 3.05) is 0 Å². The Kier molecular flexibility index (Phi) is 3.92. The van der Waals surface area contributed by atoms with E-state index in [4.69, 9.17) is 5.11 Å². The first-order valence-corrected chi connectivity index (χ1v) is 6.67. The lowest BCUT2D eigenvalue weighted by Crippen LogP contribution is -2.34. The highest BCUT2D eigenvalue weighted by Crippen LogP contribution is 2.26. The van der Waals surface area contributed by atoms with Crippen LogP contribution < -0.4 is 5.32 Å². The number of carboxylic acids is 1. The lowest BCUT2D eigenvalue weighted by Gasteiger charge is -2.11. The van der Waals surface area contributed by atoms with E-state index in [1.54, 1.807) is 13.8 Å². The first-order valence-electron chi connectivity index (χ1n) is 6.67.